The summed E-state index contributed by atoms with van der Waals surface area (Å²) in [7, 11) is 0. The SMILES string of the molecule is NC(=O)C(CNc1ncccc1[N+](=O)[O-])Cc1ccc(F)cc1. The van der Waals surface area contributed by atoms with E-state index in [1.165, 1.54) is 30.5 Å². The number of hydrogen-bond donors (Lipinski definition) is 2. The van der Waals surface area contributed by atoms with Crippen LogP contribution >= 0.6 is 0 Å². The molecule has 1 aromatic heterocycles. The largest absolute Gasteiger partial charge is 0.369 e. The van der Waals surface area contributed by atoms with Gasteiger partial charge in [0.1, 0.15) is 5.82 Å². The zero-order valence-corrected chi connectivity index (χ0v) is 12.1. The predicted molar refractivity (Wildman–Crippen MR) is 82.2 cm³/mol. The van der Waals surface area contributed by atoms with Gasteiger partial charge in [-0.05, 0) is 30.2 Å². The molecule has 2 aromatic rings. The van der Waals surface area contributed by atoms with Crippen molar-refractivity contribution < 1.29 is 14.1 Å². The fourth-order valence-corrected chi connectivity index (χ4v) is 2.08. The number of aromatic nitrogens is 1. The predicted octanol–water partition coefficient (Wildman–Crippen LogP) is 1.88. The van der Waals surface area contributed by atoms with Gasteiger partial charge >= 0.3 is 5.69 Å². The zero-order chi connectivity index (χ0) is 16.8. The van der Waals surface area contributed by atoms with Crippen molar-refractivity contribution in [1.29, 1.82) is 0 Å². The van der Waals surface area contributed by atoms with E-state index in [1.54, 1.807) is 12.1 Å². The molecule has 1 unspecified atom stereocenters. The Morgan fingerprint density at radius 3 is 2.65 bits per heavy atom. The van der Waals surface area contributed by atoms with Crippen molar-refractivity contribution in [2.45, 2.75) is 6.42 Å². The molecule has 2 rings (SSSR count). The highest BCUT2D eigenvalue weighted by atomic mass is 19.1. The standard InChI is InChI=1S/C15H15FN4O3/c16-12-5-3-10(4-6-12)8-11(14(17)21)9-19-15-13(20(22)23)2-1-7-18-15/h1-7,11H,8-9H2,(H2,17,21)(H,18,19). The van der Waals surface area contributed by atoms with E-state index in [2.05, 4.69) is 10.3 Å². The van der Waals surface area contributed by atoms with Crippen LogP contribution in [-0.2, 0) is 11.2 Å². The molecule has 0 aliphatic heterocycles. The smallest absolute Gasteiger partial charge is 0.311 e. The summed E-state index contributed by atoms with van der Waals surface area (Å²) in [4.78, 5) is 25.8. The minimum Gasteiger partial charge on any atom is -0.369 e. The fraction of sp³-hybridized carbons (Fsp3) is 0.200. The third-order valence-electron chi connectivity index (χ3n) is 3.30. The molecule has 3 N–H and O–H groups in total. The van der Waals surface area contributed by atoms with Gasteiger partial charge < -0.3 is 11.1 Å². The molecule has 0 saturated carbocycles. The Balaban J connectivity index is 2.07. The van der Waals surface area contributed by atoms with Crippen molar-refractivity contribution in [3.05, 3.63) is 64.1 Å². The number of hydrogen-bond acceptors (Lipinski definition) is 5. The van der Waals surface area contributed by atoms with Gasteiger partial charge in [0.2, 0.25) is 11.7 Å². The molecule has 0 aliphatic rings. The van der Waals surface area contributed by atoms with Crippen molar-refractivity contribution in [2.75, 3.05) is 11.9 Å². The molecule has 1 heterocycles. The molecule has 1 atom stereocenters. The van der Waals surface area contributed by atoms with E-state index >= 15 is 0 Å². The summed E-state index contributed by atoms with van der Waals surface area (Å²) in [6.45, 7) is 0.0879. The van der Waals surface area contributed by atoms with Crippen LogP contribution in [0.3, 0.4) is 0 Å². The zero-order valence-electron chi connectivity index (χ0n) is 12.1. The maximum absolute atomic E-state index is 12.9. The Morgan fingerprint density at radius 2 is 2.04 bits per heavy atom. The summed E-state index contributed by atoms with van der Waals surface area (Å²) in [5, 5.41) is 13.7. The molecule has 1 aromatic carbocycles. The molecular formula is C15H15FN4O3. The Hall–Kier alpha value is -3.03. The van der Waals surface area contributed by atoms with Crippen LogP contribution in [0, 0.1) is 21.8 Å². The van der Waals surface area contributed by atoms with Gasteiger partial charge in [-0.2, -0.15) is 0 Å². The number of nitrogens with one attached hydrogen (secondary N) is 1. The van der Waals surface area contributed by atoms with Crippen LogP contribution in [0.5, 0.6) is 0 Å². The van der Waals surface area contributed by atoms with Crippen molar-refractivity contribution in [3.63, 3.8) is 0 Å². The van der Waals surface area contributed by atoms with E-state index in [1.807, 2.05) is 0 Å². The first-order chi connectivity index (χ1) is 11.0. The van der Waals surface area contributed by atoms with E-state index in [9.17, 15) is 19.3 Å². The van der Waals surface area contributed by atoms with Gasteiger partial charge in [0.25, 0.3) is 0 Å². The number of anilines is 1. The van der Waals surface area contributed by atoms with Crippen molar-refractivity contribution >= 4 is 17.4 Å². The number of nitrogens with zero attached hydrogens (tertiary/aromatic N) is 2. The van der Waals surface area contributed by atoms with Crippen molar-refractivity contribution in [3.8, 4) is 0 Å². The molecule has 120 valence electrons. The number of benzene rings is 1. The maximum atomic E-state index is 12.9. The number of amides is 1. The minimum atomic E-state index is -0.609. The molecule has 0 aliphatic carbocycles. The van der Waals surface area contributed by atoms with Crippen LogP contribution in [0.4, 0.5) is 15.9 Å². The number of halogens is 1. The van der Waals surface area contributed by atoms with Gasteiger partial charge in [-0.3, -0.25) is 14.9 Å². The lowest BCUT2D eigenvalue weighted by molar-refractivity contribution is -0.384. The van der Waals surface area contributed by atoms with E-state index in [0.717, 1.165) is 5.56 Å². The van der Waals surface area contributed by atoms with Gasteiger partial charge in [-0.15, -0.1) is 0 Å². The quantitative estimate of drug-likeness (QED) is 0.598. The fourth-order valence-electron chi connectivity index (χ4n) is 2.08. The van der Waals surface area contributed by atoms with E-state index in [0.29, 0.717) is 6.42 Å². The van der Waals surface area contributed by atoms with Crippen molar-refractivity contribution in [2.24, 2.45) is 11.7 Å². The minimum absolute atomic E-state index is 0.0721. The molecule has 0 spiro atoms. The second-order valence-corrected chi connectivity index (χ2v) is 4.94. The topological polar surface area (TPSA) is 111 Å². The molecule has 0 bridgehead atoms. The van der Waals surface area contributed by atoms with E-state index < -0.39 is 16.7 Å². The lowest BCUT2D eigenvalue weighted by Crippen LogP contribution is -2.31. The monoisotopic (exact) mass is 318 g/mol. The molecular weight excluding hydrogens is 303 g/mol. The van der Waals surface area contributed by atoms with Crippen LogP contribution in [-0.4, -0.2) is 22.4 Å². The number of carbonyl (C=O) groups excluding carboxylic acids is 1. The van der Waals surface area contributed by atoms with Gasteiger partial charge in [-0.1, -0.05) is 12.1 Å². The Morgan fingerprint density at radius 1 is 1.35 bits per heavy atom. The first kappa shape index (κ1) is 16.3. The van der Waals surface area contributed by atoms with Gasteiger partial charge in [0, 0.05) is 18.8 Å². The van der Waals surface area contributed by atoms with Gasteiger partial charge in [0.15, 0.2) is 0 Å². The van der Waals surface area contributed by atoms with Crippen LogP contribution in [0.1, 0.15) is 5.56 Å². The van der Waals surface area contributed by atoms with Crippen LogP contribution in [0.15, 0.2) is 42.6 Å². The third kappa shape index (κ3) is 4.47. The average Bonchev–Trinajstić information content (AvgIpc) is 2.53. The highest BCUT2D eigenvalue weighted by Crippen LogP contribution is 2.21. The van der Waals surface area contributed by atoms with Crippen molar-refractivity contribution in [1.82, 2.24) is 4.98 Å². The van der Waals surface area contributed by atoms with E-state index in [4.69, 9.17) is 5.73 Å². The Kier molecular flexibility index (Phi) is 5.19. The second kappa shape index (κ2) is 7.30. The lowest BCUT2D eigenvalue weighted by Gasteiger charge is -2.14. The molecule has 0 saturated heterocycles. The van der Waals surface area contributed by atoms with Crippen LogP contribution in [0.25, 0.3) is 0 Å². The molecule has 1 amide bonds. The number of carbonyl (C=O) groups is 1. The maximum Gasteiger partial charge on any atom is 0.311 e. The summed E-state index contributed by atoms with van der Waals surface area (Å²) in [5.41, 5.74) is 5.93. The second-order valence-electron chi connectivity index (χ2n) is 4.94. The molecule has 0 fully saturated rings. The lowest BCUT2D eigenvalue weighted by atomic mass is 9.98. The number of pyridine rings is 1. The molecule has 7 nitrogen and oxygen atoms in total. The first-order valence-corrected chi connectivity index (χ1v) is 6.84. The Bertz CT molecular complexity index is 706. The summed E-state index contributed by atoms with van der Waals surface area (Å²) in [5.74, 6) is -1.46. The van der Waals surface area contributed by atoms with Gasteiger partial charge in [0.05, 0.1) is 10.8 Å². The summed E-state index contributed by atoms with van der Waals surface area (Å²) in [6, 6.07) is 8.49. The highest BCUT2D eigenvalue weighted by Gasteiger charge is 2.19. The average molecular weight is 318 g/mol. The third-order valence-corrected chi connectivity index (χ3v) is 3.30. The van der Waals surface area contributed by atoms with Gasteiger partial charge in [-0.25, -0.2) is 9.37 Å². The Labute approximate surface area is 131 Å². The van der Waals surface area contributed by atoms with Crippen LogP contribution < -0.4 is 11.1 Å². The highest BCUT2D eigenvalue weighted by molar-refractivity contribution is 5.77. The summed E-state index contributed by atoms with van der Waals surface area (Å²) >= 11 is 0. The number of nitro groups is 1. The first-order valence-electron chi connectivity index (χ1n) is 6.84. The molecule has 8 heteroatoms. The molecule has 0 radical (unpaired) electrons. The number of nitrogens with two attached hydrogens (primary N) is 1. The summed E-state index contributed by atoms with van der Waals surface area (Å²) < 4.78 is 12.9. The summed E-state index contributed by atoms with van der Waals surface area (Å²) in [6.07, 6.45) is 1.71. The van der Waals surface area contributed by atoms with E-state index in [-0.39, 0.29) is 23.9 Å². The molecule has 23 heavy (non-hydrogen) atoms. The number of rotatable bonds is 7. The number of primary amides is 1. The normalized spacial score (nSPS) is 11.7. The van der Waals surface area contributed by atoms with Crippen LogP contribution in [0.2, 0.25) is 0 Å².